The molecule has 0 bridgehead atoms. The number of hydrogen-bond acceptors (Lipinski definition) is 6. The number of rotatable bonds is 4. The Kier molecular flexibility index (Phi) is 4.09. The van der Waals surface area contributed by atoms with E-state index in [9.17, 15) is 4.79 Å². The van der Waals surface area contributed by atoms with Gasteiger partial charge in [0.25, 0.3) is 0 Å². The van der Waals surface area contributed by atoms with Crippen LogP contribution in [-0.2, 0) is 14.3 Å². The number of aromatic nitrogens is 1. The van der Waals surface area contributed by atoms with Crippen molar-refractivity contribution >= 4 is 5.97 Å². The summed E-state index contributed by atoms with van der Waals surface area (Å²) in [7, 11) is 0. The van der Waals surface area contributed by atoms with Gasteiger partial charge in [-0.05, 0) is 6.42 Å². The number of hydrogen-bond donors (Lipinski definition) is 0. The van der Waals surface area contributed by atoms with E-state index in [4.69, 9.17) is 18.6 Å². The molecule has 0 saturated carbocycles. The molecule has 1 aromatic rings. The maximum absolute atomic E-state index is 11.2. The predicted molar refractivity (Wildman–Crippen MR) is 65.1 cm³/mol. The molecule has 0 radical (unpaired) electrons. The molecule has 2 rings (SSSR count). The van der Waals surface area contributed by atoms with Crippen molar-refractivity contribution in [1.82, 2.24) is 4.98 Å². The van der Waals surface area contributed by atoms with Crippen molar-refractivity contribution in [3.63, 3.8) is 0 Å². The fourth-order valence-electron chi connectivity index (χ4n) is 2.06. The minimum Gasteiger partial charge on any atom is -0.494 e. The molecule has 0 saturated heterocycles. The van der Waals surface area contributed by atoms with Crippen LogP contribution < -0.4 is 4.74 Å². The molecule has 0 unspecified atom stereocenters. The lowest BCUT2D eigenvalue weighted by Crippen LogP contribution is -2.40. The Bertz CT molecular complexity index is 454. The van der Waals surface area contributed by atoms with E-state index in [-0.39, 0.29) is 24.1 Å². The Morgan fingerprint density at radius 2 is 2.32 bits per heavy atom. The Morgan fingerprint density at radius 3 is 2.89 bits per heavy atom. The quantitative estimate of drug-likeness (QED) is 0.779. The zero-order chi connectivity index (χ0) is 13.8. The second-order valence-electron chi connectivity index (χ2n) is 4.39. The fourth-order valence-corrected chi connectivity index (χ4v) is 2.06. The van der Waals surface area contributed by atoms with E-state index < -0.39 is 6.10 Å². The van der Waals surface area contributed by atoms with Gasteiger partial charge in [-0.25, -0.2) is 0 Å². The molecule has 0 amide bonds. The van der Waals surface area contributed by atoms with Gasteiger partial charge in [0.2, 0.25) is 0 Å². The summed E-state index contributed by atoms with van der Waals surface area (Å²) in [6.45, 7) is 5.33. The molecule has 19 heavy (non-hydrogen) atoms. The Hall–Kier alpha value is -1.98. The minimum atomic E-state index is -0.497. The van der Waals surface area contributed by atoms with Crippen molar-refractivity contribution in [1.29, 1.82) is 0 Å². The standard InChI is InChI=1S/C13H17NO5/c1-4-10-8(2)12(18-9(3)15)11(7-17-10)19-13-14-5-6-16-13/h5-8,10,12H,4H2,1-3H3/t8-,10+,12-/m0/s1. The van der Waals surface area contributed by atoms with Gasteiger partial charge in [-0.1, -0.05) is 13.8 Å². The van der Waals surface area contributed by atoms with Crippen molar-refractivity contribution in [3.05, 3.63) is 24.5 Å². The molecule has 0 fully saturated rings. The Morgan fingerprint density at radius 1 is 1.53 bits per heavy atom. The molecule has 104 valence electrons. The largest absolute Gasteiger partial charge is 0.494 e. The summed E-state index contributed by atoms with van der Waals surface area (Å²) in [5.74, 6) is 0.00854. The summed E-state index contributed by atoms with van der Waals surface area (Å²) in [6.07, 6.45) is 4.74. The molecule has 3 atom stereocenters. The fraction of sp³-hybridized carbons (Fsp3) is 0.538. The van der Waals surface area contributed by atoms with Crippen molar-refractivity contribution in [3.8, 4) is 6.08 Å². The van der Waals surface area contributed by atoms with Crippen LogP contribution in [0.2, 0.25) is 0 Å². The number of nitrogens with zero attached hydrogens (tertiary/aromatic N) is 1. The summed E-state index contributed by atoms with van der Waals surface area (Å²) in [4.78, 5) is 15.1. The summed E-state index contributed by atoms with van der Waals surface area (Å²) < 4.78 is 21.3. The Labute approximate surface area is 111 Å². The molecular formula is C13H17NO5. The molecule has 1 aliphatic heterocycles. The summed E-state index contributed by atoms with van der Waals surface area (Å²) >= 11 is 0. The van der Waals surface area contributed by atoms with E-state index >= 15 is 0 Å². The van der Waals surface area contributed by atoms with Crippen LogP contribution in [0.15, 0.2) is 28.9 Å². The van der Waals surface area contributed by atoms with Gasteiger partial charge < -0.3 is 18.6 Å². The molecule has 1 aromatic heterocycles. The van der Waals surface area contributed by atoms with Gasteiger partial charge >= 0.3 is 12.0 Å². The van der Waals surface area contributed by atoms with Crippen LogP contribution in [0.4, 0.5) is 0 Å². The van der Waals surface area contributed by atoms with Gasteiger partial charge in [0.15, 0.2) is 11.9 Å². The molecule has 0 N–H and O–H groups in total. The van der Waals surface area contributed by atoms with Crippen molar-refractivity contribution in [2.24, 2.45) is 5.92 Å². The molecular weight excluding hydrogens is 250 g/mol. The highest BCUT2D eigenvalue weighted by Gasteiger charge is 2.37. The van der Waals surface area contributed by atoms with E-state index in [2.05, 4.69) is 4.98 Å². The van der Waals surface area contributed by atoms with Crippen LogP contribution in [0.5, 0.6) is 6.08 Å². The van der Waals surface area contributed by atoms with Crippen LogP contribution in [0.3, 0.4) is 0 Å². The van der Waals surface area contributed by atoms with E-state index in [1.807, 2.05) is 13.8 Å². The highest BCUT2D eigenvalue weighted by molar-refractivity contribution is 5.66. The first kappa shape index (κ1) is 13.5. The number of ether oxygens (including phenoxy) is 3. The van der Waals surface area contributed by atoms with Gasteiger partial charge in [0.1, 0.15) is 18.6 Å². The van der Waals surface area contributed by atoms with Gasteiger partial charge in [0.05, 0.1) is 6.20 Å². The normalized spacial score (nSPS) is 26.3. The van der Waals surface area contributed by atoms with Crippen LogP contribution >= 0.6 is 0 Å². The van der Waals surface area contributed by atoms with E-state index in [0.29, 0.717) is 5.76 Å². The SMILES string of the molecule is CC[C@H]1OC=C(Oc2ncco2)[C@@H](OC(C)=O)[C@H]1C. The average molecular weight is 267 g/mol. The summed E-state index contributed by atoms with van der Waals surface area (Å²) in [6, 6.07) is 0. The zero-order valence-corrected chi connectivity index (χ0v) is 11.2. The third kappa shape index (κ3) is 3.07. The number of oxazole rings is 1. The molecule has 2 heterocycles. The monoisotopic (exact) mass is 267 g/mol. The lowest BCUT2D eigenvalue weighted by Gasteiger charge is -2.33. The topological polar surface area (TPSA) is 70.8 Å². The lowest BCUT2D eigenvalue weighted by atomic mass is 9.93. The second kappa shape index (κ2) is 5.77. The number of carbonyl (C=O) groups is 1. The molecule has 6 heteroatoms. The molecule has 1 aliphatic rings. The summed E-state index contributed by atoms with van der Waals surface area (Å²) in [5.41, 5.74) is 0. The maximum Gasteiger partial charge on any atom is 0.398 e. The van der Waals surface area contributed by atoms with E-state index in [1.165, 1.54) is 25.6 Å². The molecule has 0 aromatic carbocycles. The minimum absolute atomic E-state index is 0.0103. The summed E-state index contributed by atoms with van der Waals surface area (Å²) in [5, 5.41) is 0. The first-order valence-electron chi connectivity index (χ1n) is 6.22. The predicted octanol–water partition coefficient (Wildman–Crippen LogP) is 2.27. The maximum atomic E-state index is 11.2. The first-order valence-corrected chi connectivity index (χ1v) is 6.22. The van der Waals surface area contributed by atoms with E-state index in [1.54, 1.807) is 0 Å². The number of esters is 1. The third-order valence-corrected chi connectivity index (χ3v) is 3.01. The third-order valence-electron chi connectivity index (χ3n) is 3.01. The van der Waals surface area contributed by atoms with Crippen molar-refractivity contribution in [2.45, 2.75) is 39.4 Å². The molecule has 0 spiro atoms. The first-order chi connectivity index (χ1) is 9.11. The van der Waals surface area contributed by atoms with Crippen molar-refractivity contribution < 1.29 is 23.4 Å². The lowest BCUT2D eigenvalue weighted by molar-refractivity contribution is -0.152. The second-order valence-corrected chi connectivity index (χ2v) is 4.39. The smallest absolute Gasteiger partial charge is 0.398 e. The molecule has 0 aliphatic carbocycles. The number of carbonyl (C=O) groups excluding carboxylic acids is 1. The zero-order valence-electron chi connectivity index (χ0n) is 11.2. The van der Waals surface area contributed by atoms with Crippen LogP contribution in [0.25, 0.3) is 0 Å². The van der Waals surface area contributed by atoms with Gasteiger partial charge in [-0.3, -0.25) is 4.79 Å². The van der Waals surface area contributed by atoms with Crippen LogP contribution in [0.1, 0.15) is 27.2 Å². The Balaban J connectivity index is 2.17. The van der Waals surface area contributed by atoms with Gasteiger partial charge in [0, 0.05) is 12.8 Å². The highest BCUT2D eigenvalue weighted by atomic mass is 16.6. The highest BCUT2D eigenvalue weighted by Crippen LogP contribution is 2.30. The van der Waals surface area contributed by atoms with Crippen LogP contribution in [0, 0.1) is 5.92 Å². The van der Waals surface area contributed by atoms with Gasteiger partial charge in [-0.2, -0.15) is 4.98 Å². The van der Waals surface area contributed by atoms with E-state index in [0.717, 1.165) is 6.42 Å². The average Bonchev–Trinajstić information content (AvgIpc) is 2.86. The molecule has 6 nitrogen and oxygen atoms in total. The van der Waals surface area contributed by atoms with Gasteiger partial charge in [-0.15, -0.1) is 0 Å². The van der Waals surface area contributed by atoms with Crippen molar-refractivity contribution in [2.75, 3.05) is 0 Å². The van der Waals surface area contributed by atoms with Crippen LogP contribution in [-0.4, -0.2) is 23.2 Å².